The number of carboxylic acid groups (broad SMARTS) is 1. The third-order valence-corrected chi connectivity index (χ3v) is 2.75. The van der Waals surface area contributed by atoms with Crippen molar-refractivity contribution in [2.45, 2.75) is 18.9 Å². The lowest BCUT2D eigenvalue weighted by Crippen LogP contribution is -2.36. The highest BCUT2D eigenvalue weighted by molar-refractivity contribution is 7.51. The van der Waals surface area contributed by atoms with Gasteiger partial charge >= 0.3 is 13.6 Å². The molecule has 1 saturated heterocycles. The summed E-state index contributed by atoms with van der Waals surface area (Å²) >= 11 is 0. The summed E-state index contributed by atoms with van der Waals surface area (Å²) in [4.78, 5) is 29.2. The molecule has 1 aliphatic rings. The minimum absolute atomic E-state index is 0.447. The third kappa shape index (κ3) is 3.08. The number of rotatable bonds is 3. The Balaban J connectivity index is 2.59. The van der Waals surface area contributed by atoms with E-state index in [1.54, 1.807) is 0 Å². The second-order valence-electron chi connectivity index (χ2n) is 3.11. The molecule has 1 fully saturated rings. The SMILES string of the molecule is O=C(O)[C@@H]1CCCN1CP(=O)(O)O. The molecule has 0 amide bonds. The highest BCUT2D eigenvalue weighted by Gasteiger charge is 2.34. The Morgan fingerprint density at radius 1 is 1.54 bits per heavy atom. The summed E-state index contributed by atoms with van der Waals surface area (Å²) in [5.41, 5.74) is 0. The lowest BCUT2D eigenvalue weighted by molar-refractivity contribution is -0.141. The van der Waals surface area contributed by atoms with Gasteiger partial charge in [-0.15, -0.1) is 0 Å². The van der Waals surface area contributed by atoms with Gasteiger partial charge in [-0.3, -0.25) is 14.3 Å². The minimum atomic E-state index is -4.13. The van der Waals surface area contributed by atoms with Gasteiger partial charge < -0.3 is 14.9 Å². The summed E-state index contributed by atoms with van der Waals surface area (Å²) in [5, 5.41) is 8.69. The van der Waals surface area contributed by atoms with Crippen LogP contribution in [0.25, 0.3) is 0 Å². The average Bonchev–Trinajstić information content (AvgIpc) is 2.31. The smallest absolute Gasteiger partial charge is 0.339 e. The predicted octanol–water partition coefficient (Wildman–Crippen LogP) is -0.329. The zero-order valence-electron chi connectivity index (χ0n) is 6.96. The normalized spacial score (nSPS) is 24.9. The molecule has 0 aromatic rings. The van der Waals surface area contributed by atoms with E-state index in [2.05, 4.69) is 0 Å². The van der Waals surface area contributed by atoms with Gasteiger partial charge in [0.2, 0.25) is 0 Å². The molecule has 6 nitrogen and oxygen atoms in total. The molecule has 0 radical (unpaired) electrons. The quantitative estimate of drug-likeness (QED) is 0.550. The number of aliphatic carboxylic acids is 1. The summed E-state index contributed by atoms with van der Waals surface area (Å²) in [6, 6.07) is -0.729. The number of nitrogens with zero attached hydrogens (tertiary/aromatic N) is 1. The standard InChI is InChI=1S/C6H12NO5P/c8-6(9)5-2-1-3-7(5)4-13(10,11)12/h5H,1-4H2,(H,8,9)(H2,10,11,12)/t5-/m0/s1. The topological polar surface area (TPSA) is 98.1 Å². The number of carbonyl (C=O) groups is 1. The summed E-state index contributed by atoms with van der Waals surface area (Å²) in [6.45, 7) is 0.447. The van der Waals surface area contributed by atoms with Gasteiger partial charge in [-0.25, -0.2) is 0 Å². The van der Waals surface area contributed by atoms with E-state index >= 15 is 0 Å². The van der Waals surface area contributed by atoms with Gasteiger partial charge in [0, 0.05) is 0 Å². The predicted molar refractivity (Wildman–Crippen MR) is 44.3 cm³/mol. The maximum atomic E-state index is 10.6. The van der Waals surface area contributed by atoms with Crippen LogP contribution >= 0.6 is 7.60 Å². The van der Waals surface area contributed by atoms with Crippen molar-refractivity contribution < 1.29 is 24.3 Å². The van der Waals surface area contributed by atoms with Crippen molar-refractivity contribution in [1.82, 2.24) is 4.90 Å². The van der Waals surface area contributed by atoms with E-state index in [-0.39, 0.29) is 0 Å². The summed E-state index contributed by atoms with van der Waals surface area (Å²) < 4.78 is 10.6. The molecule has 0 aromatic carbocycles. The van der Waals surface area contributed by atoms with Crippen LogP contribution in [0.15, 0.2) is 0 Å². The van der Waals surface area contributed by atoms with Gasteiger partial charge in [-0.2, -0.15) is 0 Å². The summed E-state index contributed by atoms with van der Waals surface area (Å²) in [5.74, 6) is -1.01. The monoisotopic (exact) mass is 209 g/mol. The molecule has 0 aliphatic carbocycles. The van der Waals surface area contributed by atoms with Crippen LogP contribution in [0.1, 0.15) is 12.8 Å². The molecule has 1 aliphatic heterocycles. The van der Waals surface area contributed by atoms with Crippen LogP contribution in [0, 0.1) is 0 Å². The Morgan fingerprint density at radius 2 is 2.15 bits per heavy atom. The fourth-order valence-electron chi connectivity index (χ4n) is 1.51. The molecule has 0 saturated carbocycles. The van der Waals surface area contributed by atoms with E-state index < -0.39 is 25.9 Å². The van der Waals surface area contributed by atoms with Crippen molar-refractivity contribution in [2.24, 2.45) is 0 Å². The van der Waals surface area contributed by atoms with Crippen molar-refractivity contribution in [3.05, 3.63) is 0 Å². The van der Waals surface area contributed by atoms with Crippen LogP contribution in [0.4, 0.5) is 0 Å². The molecule has 1 atom stereocenters. The van der Waals surface area contributed by atoms with E-state index in [9.17, 15) is 9.36 Å². The fraction of sp³-hybridized carbons (Fsp3) is 0.833. The van der Waals surface area contributed by atoms with E-state index in [1.807, 2.05) is 0 Å². The van der Waals surface area contributed by atoms with Crippen molar-refractivity contribution >= 4 is 13.6 Å². The summed E-state index contributed by atoms with van der Waals surface area (Å²) in [6.07, 6.45) is 0.691. The molecule has 7 heteroatoms. The average molecular weight is 209 g/mol. The van der Waals surface area contributed by atoms with Gasteiger partial charge in [-0.05, 0) is 19.4 Å². The number of hydrogen-bond donors (Lipinski definition) is 3. The van der Waals surface area contributed by atoms with Crippen LogP contribution in [-0.4, -0.2) is 44.6 Å². The molecule has 13 heavy (non-hydrogen) atoms. The largest absolute Gasteiger partial charge is 0.480 e. The Hall–Kier alpha value is -0.420. The van der Waals surface area contributed by atoms with Crippen molar-refractivity contribution in [3.63, 3.8) is 0 Å². The highest BCUT2D eigenvalue weighted by atomic mass is 31.2. The van der Waals surface area contributed by atoms with Gasteiger partial charge in [-0.1, -0.05) is 0 Å². The zero-order chi connectivity index (χ0) is 10.1. The van der Waals surface area contributed by atoms with Crippen LogP contribution in [0.3, 0.4) is 0 Å². The molecule has 1 rings (SSSR count). The highest BCUT2D eigenvalue weighted by Crippen LogP contribution is 2.37. The van der Waals surface area contributed by atoms with E-state index in [4.69, 9.17) is 14.9 Å². The minimum Gasteiger partial charge on any atom is -0.480 e. The Labute approximate surface area is 75.3 Å². The van der Waals surface area contributed by atoms with E-state index in [0.717, 1.165) is 0 Å². The molecule has 0 aromatic heterocycles. The maximum absolute atomic E-state index is 10.6. The van der Waals surface area contributed by atoms with Crippen LogP contribution in [-0.2, 0) is 9.36 Å². The van der Waals surface area contributed by atoms with Crippen molar-refractivity contribution in [1.29, 1.82) is 0 Å². The Kier molecular flexibility index (Phi) is 3.08. The molecule has 0 bridgehead atoms. The lowest BCUT2D eigenvalue weighted by atomic mass is 10.2. The van der Waals surface area contributed by atoms with Gasteiger partial charge in [0.05, 0.1) is 0 Å². The first kappa shape index (κ1) is 10.7. The van der Waals surface area contributed by atoms with Crippen molar-refractivity contribution in [3.8, 4) is 0 Å². The summed E-state index contributed by atoms with van der Waals surface area (Å²) in [7, 11) is -4.13. The molecule has 0 unspecified atom stereocenters. The van der Waals surface area contributed by atoms with Crippen LogP contribution in [0.5, 0.6) is 0 Å². The van der Waals surface area contributed by atoms with Crippen LogP contribution < -0.4 is 0 Å². The first-order valence-electron chi connectivity index (χ1n) is 3.91. The third-order valence-electron chi connectivity index (χ3n) is 2.01. The van der Waals surface area contributed by atoms with Gasteiger partial charge in [0.1, 0.15) is 12.3 Å². The lowest BCUT2D eigenvalue weighted by Gasteiger charge is -2.20. The van der Waals surface area contributed by atoms with Crippen LogP contribution in [0.2, 0.25) is 0 Å². The van der Waals surface area contributed by atoms with Gasteiger partial charge in [0.25, 0.3) is 0 Å². The molecule has 3 N–H and O–H groups in total. The van der Waals surface area contributed by atoms with Crippen molar-refractivity contribution in [2.75, 3.05) is 12.8 Å². The first-order valence-corrected chi connectivity index (χ1v) is 5.71. The molecule has 1 heterocycles. The fourth-order valence-corrected chi connectivity index (χ4v) is 2.32. The number of likely N-dealkylation sites (tertiary alicyclic amines) is 1. The maximum Gasteiger partial charge on any atom is 0.339 e. The van der Waals surface area contributed by atoms with Gasteiger partial charge in [0.15, 0.2) is 0 Å². The molecular formula is C6H12NO5P. The number of hydrogen-bond acceptors (Lipinski definition) is 3. The first-order chi connectivity index (χ1) is 5.90. The Morgan fingerprint density at radius 3 is 2.62 bits per heavy atom. The van der Waals surface area contributed by atoms with E-state index in [1.165, 1.54) is 4.90 Å². The number of carboxylic acids is 1. The van der Waals surface area contributed by atoms with E-state index in [0.29, 0.717) is 19.4 Å². The zero-order valence-corrected chi connectivity index (χ0v) is 7.85. The second kappa shape index (κ2) is 3.75. The Bertz CT molecular complexity index is 249. The molecule has 0 spiro atoms. The molecular weight excluding hydrogens is 197 g/mol. The molecule has 76 valence electrons. The second-order valence-corrected chi connectivity index (χ2v) is 4.73.